The minimum Gasteiger partial charge on any atom is -0.316 e. The number of rotatable bonds is 3. The van der Waals surface area contributed by atoms with Crippen LogP contribution in [0.25, 0.3) is 0 Å². The highest BCUT2D eigenvalue weighted by atomic mass is 15.3. The summed E-state index contributed by atoms with van der Waals surface area (Å²) in [4.78, 5) is 4.72. The minimum absolute atomic E-state index is 0.654. The Morgan fingerprint density at radius 1 is 1.38 bits per heavy atom. The van der Waals surface area contributed by atoms with Crippen molar-refractivity contribution >= 4 is 0 Å². The second-order valence-corrected chi connectivity index (χ2v) is 5.20. The largest absolute Gasteiger partial charge is 0.316 e. The zero-order chi connectivity index (χ0) is 11.0. The van der Waals surface area contributed by atoms with Crippen molar-refractivity contribution in [3.63, 3.8) is 0 Å². The fourth-order valence-corrected chi connectivity index (χ4v) is 2.60. The van der Waals surface area contributed by atoms with Crippen LogP contribution in [0, 0.1) is 5.92 Å². The predicted octanol–water partition coefficient (Wildman–Crippen LogP) is 1.23. The van der Waals surface area contributed by atoms with Gasteiger partial charge in [0.1, 0.15) is 5.82 Å². The van der Waals surface area contributed by atoms with E-state index in [1.807, 2.05) is 11.7 Å². The van der Waals surface area contributed by atoms with Gasteiger partial charge >= 0.3 is 0 Å². The lowest BCUT2D eigenvalue weighted by Gasteiger charge is -2.21. The van der Waals surface area contributed by atoms with Crippen LogP contribution in [0.1, 0.15) is 43.3 Å². The number of nitrogens with zero attached hydrogens (tertiary/aromatic N) is 3. The Balaban J connectivity index is 1.70. The van der Waals surface area contributed by atoms with Gasteiger partial charge in [-0.1, -0.05) is 6.42 Å². The standard InChI is InChI=1S/C12H20N4/c1-16-11(7-9-5-6-13-8-9)14-12(15-16)10-3-2-4-10/h9-10,13H,2-8H2,1H3. The van der Waals surface area contributed by atoms with Crippen LogP contribution in [0.3, 0.4) is 0 Å². The van der Waals surface area contributed by atoms with Crippen LogP contribution < -0.4 is 5.32 Å². The highest BCUT2D eigenvalue weighted by Gasteiger charge is 2.25. The zero-order valence-corrected chi connectivity index (χ0v) is 9.95. The normalized spacial score (nSPS) is 25.9. The Morgan fingerprint density at radius 3 is 2.88 bits per heavy atom. The van der Waals surface area contributed by atoms with Crippen LogP contribution >= 0.6 is 0 Å². The molecule has 0 amide bonds. The Bertz CT molecular complexity index is 361. The molecule has 2 fully saturated rings. The predicted molar refractivity (Wildman–Crippen MR) is 62.3 cm³/mol. The van der Waals surface area contributed by atoms with Gasteiger partial charge in [-0.15, -0.1) is 0 Å². The summed E-state index contributed by atoms with van der Waals surface area (Å²) in [5, 5.41) is 7.97. The molecule has 88 valence electrons. The molecule has 0 spiro atoms. The van der Waals surface area contributed by atoms with E-state index in [4.69, 9.17) is 4.98 Å². The molecule has 1 saturated carbocycles. The molecule has 1 N–H and O–H groups in total. The van der Waals surface area contributed by atoms with E-state index >= 15 is 0 Å². The molecule has 3 rings (SSSR count). The number of hydrogen-bond donors (Lipinski definition) is 1. The molecule has 1 unspecified atom stereocenters. The smallest absolute Gasteiger partial charge is 0.154 e. The van der Waals surface area contributed by atoms with Crippen LogP contribution in [0.4, 0.5) is 0 Å². The lowest BCUT2D eigenvalue weighted by molar-refractivity contribution is 0.400. The maximum absolute atomic E-state index is 4.72. The van der Waals surface area contributed by atoms with E-state index in [-0.39, 0.29) is 0 Å². The van der Waals surface area contributed by atoms with Crippen molar-refractivity contribution in [3.05, 3.63) is 11.6 Å². The highest BCUT2D eigenvalue weighted by Crippen LogP contribution is 2.34. The Morgan fingerprint density at radius 2 is 2.25 bits per heavy atom. The molecule has 1 atom stereocenters. The van der Waals surface area contributed by atoms with Crippen molar-refractivity contribution in [2.45, 2.75) is 38.0 Å². The molecule has 1 aliphatic carbocycles. The molecule has 1 aliphatic heterocycles. The Labute approximate surface area is 96.4 Å². The van der Waals surface area contributed by atoms with E-state index < -0.39 is 0 Å². The number of aryl methyl sites for hydroxylation is 1. The van der Waals surface area contributed by atoms with Gasteiger partial charge in [-0.05, 0) is 38.3 Å². The maximum atomic E-state index is 4.72. The highest BCUT2D eigenvalue weighted by molar-refractivity contribution is 5.03. The van der Waals surface area contributed by atoms with E-state index in [0.717, 1.165) is 31.3 Å². The molecule has 16 heavy (non-hydrogen) atoms. The molecule has 1 saturated heterocycles. The Kier molecular flexibility index (Phi) is 2.67. The monoisotopic (exact) mass is 220 g/mol. The fourth-order valence-electron chi connectivity index (χ4n) is 2.60. The van der Waals surface area contributed by atoms with E-state index in [2.05, 4.69) is 10.4 Å². The van der Waals surface area contributed by atoms with Gasteiger partial charge in [0.2, 0.25) is 0 Å². The third-order valence-electron chi connectivity index (χ3n) is 3.97. The average Bonchev–Trinajstić information content (AvgIpc) is 2.76. The molecular formula is C12H20N4. The maximum Gasteiger partial charge on any atom is 0.154 e. The Hall–Kier alpha value is -0.900. The van der Waals surface area contributed by atoms with Gasteiger partial charge < -0.3 is 5.32 Å². The summed E-state index contributed by atoms with van der Waals surface area (Å²) in [6, 6.07) is 0. The van der Waals surface area contributed by atoms with Crippen LogP contribution in [0.5, 0.6) is 0 Å². The lowest BCUT2D eigenvalue weighted by Crippen LogP contribution is -2.13. The molecule has 2 aliphatic rings. The molecule has 0 bridgehead atoms. The van der Waals surface area contributed by atoms with E-state index in [0.29, 0.717) is 5.92 Å². The van der Waals surface area contributed by atoms with Gasteiger partial charge in [-0.3, -0.25) is 4.68 Å². The third kappa shape index (κ3) is 1.86. The lowest BCUT2D eigenvalue weighted by atomic mass is 9.85. The average molecular weight is 220 g/mol. The number of hydrogen-bond acceptors (Lipinski definition) is 3. The van der Waals surface area contributed by atoms with E-state index in [1.165, 1.54) is 31.5 Å². The molecule has 1 aromatic heterocycles. The summed E-state index contributed by atoms with van der Waals surface area (Å²) in [5.41, 5.74) is 0. The first-order chi connectivity index (χ1) is 7.83. The van der Waals surface area contributed by atoms with Crippen molar-refractivity contribution in [2.75, 3.05) is 13.1 Å². The van der Waals surface area contributed by atoms with Gasteiger partial charge in [0.05, 0.1) is 0 Å². The second-order valence-electron chi connectivity index (χ2n) is 5.20. The summed E-state index contributed by atoms with van der Waals surface area (Å²) < 4.78 is 1.99. The van der Waals surface area contributed by atoms with Gasteiger partial charge in [-0.25, -0.2) is 4.98 Å². The van der Waals surface area contributed by atoms with Gasteiger partial charge in [0.25, 0.3) is 0 Å². The molecular weight excluding hydrogens is 200 g/mol. The SMILES string of the molecule is Cn1nc(C2CCC2)nc1CC1CCNC1. The quantitative estimate of drug-likeness (QED) is 0.833. The molecule has 4 heteroatoms. The first-order valence-corrected chi connectivity index (χ1v) is 6.43. The summed E-state index contributed by atoms with van der Waals surface area (Å²) >= 11 is 0. The van der Waals surface area contributed by atoms with E-state index in [1.54, 1.807) is 0 Å². The summed E-state index contributed by atoms with van der Waals surface area (Å²) in [6.45, 7) is 2.31. The molecule has 1 aromatic rings. The fraction of sp³-hybridized carbons (Fsp3) is 0.833. The summed E-state index contributed by atoms with van der Waals surface area (Å²) in [7, 11) is 2.03. The number of aromatic nitrogens is 3. The zero-order valence-electron chi connectivity index (χ0n) is 9.95. The van der Waals surface area contributed by atoms with Crippen LogP contribution in [0.15, 0.2) is 0 Å². The molecule has 2 heterocycles. The molecule has 4 nitrogen and oxygen atoms in total. The van der Waals surface area contributed by atoms with Crippen molar-refractivity contribution < 1.29 is 0 Å². The minimum atomic E-state index is 0.654. The summed E-state index contributed by atoms with van der Waals surface area (Å²) in [5.74, 6) is 3.68. The van der Waals surface area contributed by atoms with Crippen molar-refractivity contribution in [2.24, 2.45) is 13.0 Å². The van der Waals surface area contributed by atoms with Crippen LogP contribution in [-0.4, -0.2) is 27.9 Å². The first-order valence-electron chi connectivity index (χ1n) is 6.43. The molecule has 0 radical (unpaired) electrons. The van der Waals surface area contributed by atoms with Crippen LogP contribution in [0.2, 0.25) is 0 Å². The van der Waals surface area contributed by atoms with Crippen molar-refractivity contribution in [1.82, 2.24) is 20.1 Å². The topological polar surface area (TPSA) is 42.7 Å². The first kappa shape index (κ1) is 10.3. The van der Waals surface area contributed by atoms with Crippen molar-refractivity contribution in [3.8, 4) is 0 Å². The van der Waals surface area contributed by atoms with Crippen LogP contribution in [-0.2, 0) is 13.5 Å². The van der Waals surface area contributed by atoms with Gasteiger partial charge in [0.15, 0.2) is 5.82 Å². The van der Waals surface area contributed by atoms with Gasteiger partial charge in [0, 0.05) is 19.4 Å². The van der Waals surface area contributed by atoms with E-state index in [9.17, 15) is 0 Å². The number of nitrogens with one attached hydrogen (secondary N) is 1. The third-order valence-corrected chi connectivity index (χ3v) is 3.97. The van der Waals surface area contributed by atoms with Crippen molar-refractivity contribution in [1.29, 1.82) is 0 Å². The molecule has 0 aromatic carbocycles. The van der Waals surface area contributed by atoms with Gasteiger partial charge in [-0.2, -0.15) is 5.10 Å². The summed E-state index contributed by atoms with van der Waals surface area (Å²) in [6.07, 6.45) is 6.29. The second kappa shape index (κ2) is 4.17.